The molecule has 2 aromatic carbocycles. The van der Waals surface area contributed by atoms with E-state index in [0.29, 0.717) is 13.1 Å². The molecule has 1 fully saturated rings. The smallest absolute Gasteiger partial charge is 0.242 e. The van der Waals surface area contributed by atoms with E-state index in [9.17, 15) is 16.8 Å². The lowest BCUT2D eigenvalue weighted by atomic mass is 10.2. The molecule has 0 saturated carbocycles. The molecule has 0 aromatic heterocycles. The van der Waals surface area contributed by atoms with Crippen LogP contribution in [0.15, 0.2) is 57.2 Å². The maximum absolute atomic E-state index is 12.7. The minimum atomic E-state index is -3.53. The van der Waals surface area contributed by atoms with Gasteiger partial charge >= 0.3 is 0 Å². The molecular formula is C22H30N4O4S3. The number of anilines is 2. The minimum Gasteiger partial charge on any atom is -0.340 e. The van der Waals surface area contributed by atoms with E-state index in [4.69, 9.17) is 0 Å². The number of hydrogen-bond acceptors (Lipinski definition) is 7. The molecule has 0 aliphatic carbocycles. The van der Waals surface area contributed by atoms with Gasteiger partial charge in [0.1, 0.15) is 0 Å². The lowest BCUT2D eigenvalue weighted by molar-refractivity contribution is 0.188. The molecule has 0 radical (unpaired) electrons. The molecular weight excluding hydrogens is 480 g/mol. The zero-order chi connectivity index (χ0) is 23.8. The SMILES string of the molecule is CN(C)S(=O)(=O)c1ccc2c(c1)N(CCCN1CCN(S(C)(=O)=O)CC1)c1ccccc1S2. The summed E-state index contributed by atoms with van der Waals surface area (Å²) >= 11 is 1.66. The van der Waals surface area contributed by atoms with Gasteiger partial charge in [0, 0.05) is 56.6 Å². The summed E-state index contributed by atoms with van der Waals surface area (Å²) in [4.78, 5) is 6.97. The van der Waals surface area contributed by atoms with E-state index in [0.717, 1.165) is 53.8 Å². The van der Waals surface area contributed by atoms with Crippen LogP contribution in [0.3, 0.4) is 0 Å². The van der Waals surface area contributed by atoms with Crippen LogP contribution in [0.5, 0.6) is 0 Å². The van der Waals surface area contributed by atoms with E-state index < -0.39 is 20.0 Å². The summed E-state index contributed by atoms with van der Waals surface area (Å²) in [6.07, 6.45) is 2.14. The topological polar surface area (TPSA) is 81.2 Å². The summed E-state index contributed by atoms with van der Waals surface area (Å²) < 4.78 is 51.7. The molecule has 0 unspecified atom stereocenters. The van der Waals surface area contributed by atoms with E-state index >= 15 is 0 Å². The van der Waals surface area contributed by atoms with Gasteiger partial charge in [-0.15, -0.1) is 0 Å². The van der Waals surface area contributed by atoms with Crippen molar-refractivity contribution in [1.82, 2.24) is 13.5 Å². The van der Waals surface area contributed by atoms with Crippen LogP contribution in [-0.2, 0) is 20.0 Å². The summed E-state index contributed by atoms with van der Waals surface area (Å²) in [5, 5.41) is 0. The molecule has 0 atom stereocenters. The Kier molecular flexibility index (Phi) is 7.09. The Balaban J connectivity index is 1.52. The number of hydrogen-bond donors (Lipinski definition) is 0. The Hall–Kier alpha value is -1.63. The van der Waals surface area contributed by atoms with Crippen LogP contribution in [-0.4, -0.2) is 90.0 Å². The number of piperazine rings is 1. The molecule has 0 amide bonds. The fourth-order valence-corrected chi connectivity index (χ4v) is 6.98. The Labute approximate surface area is 201 Å². The predicted molar refractivity (Wildman–Crippen MR) is 132 cm³/mol. The number of fused-ring (bicyclic) bond motifs is 2. The van der Waals surface area contributed by atoms with Gasteiger partial charge < -0.3 is 9.80 Å². The van der Waals surface area contributed by atoms with Gasteiger partial charge in [-0.1, -0.05) is 23.9 Å². The molecule has 1 saturated heterocycles. The van der Waals surface area contributed by atoms with E-state index in [1.54, 1.807) is 38.0 Å². The lowest BCUT2D eigenvalue weighted by Crippen LogP contribution is -2.48. The van der Waals surface area contributed by atoms with Crippen LogP contribution < -0.4 is 4.90 Å². The molecule has 0 N–H and O–H groups in total. The highest BCUT2D eigenvalue weighted by molar-refractivity contribution is 7.99. The second kappa shape index (κ2) is 9.55. The third kappa shape index (κ3) is 5.23. The number of sulfonamides is 2. The van der Waals surface area contributed by atoms with Crippen LogP contribution in [0.4, 0.5) is 11.4 Å². The standard InChI is InChI=1S/C22H30N4O4S3/c1-23(2)33(29,30)18-9-10-22-20(17-18)26(19-7-4-5-8-21(19)31-22)12-6-11-24-13-15-25(16-14-24)32(3,27)28/h4-5,7-10,17H,6,11-16H2,1-3H3. The van der Waals surface area contributed by atoms with Crippen molar-refractivity contribution in [3.63, 3.8) is 0 Å². The van der Waals surface area contributed by atoms with E-state index in [2.05, 4.69) is 21.9 Å². The third-order valence-corrected chi connectivity index (χ3v) is 10.3. The highest BCUT2D eigenvalue weighted by Crippen LogP contribution is 2.48. The van der Waals surface area contributed by atoms with Crippen molar-refractivity contribution < 1.29 is 16.8 Å². The summed E-state index contributed by atoms with van der Waals surface area (Å²) in [6.45, 7) is 4.09. The minimum absolute atomic E-state index is 0.285. The van der Waals surface area contributed by atoms with Gasteiger partial charge in [-0.05, 0) is 43.3 Å². The Morgan fingerprint density at radius 1 is 0.879 bits per heavy atom. The van der Waals surface area contributed by atoms with Gasteiger partial charge in [0.25, 0.3) is 0 Å². The average molecular weight is 511 g/mol. The maximum atomic E-state index is 12.7. The number of benzene rings is 2. The summed E-state index contributed by atoms with van der Waals surface area (Å²) in [5.74, 6) is 0. The number of para-hydroxylation sites is 1. The first-order valence-electron chi connectivity index (χ1n) is 10.9. The first-order chi connectivity index (χ1) is 15.6. The fraction of sp³-hybridized carbons (Fsp3) is 0.455. The van der Waals surface area contributed by atoms with Gasteiger partial charge in [0.15, 0.2) is 0 Å². The molecule has 2 aliphatic rings. The molecule has 8 nitrogen and oxygen atoms in total. The Bertz CT molecular complexity index is 1220. The second-order valence-corrected chi connectivity index (χ2v) is 13.7. The maximum Gasteiger partial charge on any atom is 0.242 e. The molecule has 2 aromatic rings. The zero-order valence-corrected chi connectivity index (χ0v) is 21.6. The number of nitrogens with zero attached hydrogens (tertiary/aromatic N) is 4. The second-order valence-electron chi connectivity index (χ2n) is 8.50. The molecule has 0 bridgehead atoms. The van der Waals surface area contributed by atoms with Gasteiger partial charge in [0.05, 0.1) is 22.5 Å². The van der Waals surface area contributed by atoms with Crippen molar-refractivity contribution in [1.29, 1.82) is 0 Å². The van der Waals surface area contributed by atoms with Gasteiger partial charge in [0.2, 0.25) is 20.0 Å². The van der Waals surface area contributed by atoms with Crippen LogP contribution >= 0.6 is 11.8 Å². The third-order valence-electron chi connectivity index (χ3n) is 6.03. The number of rotatable bonds is 7. The highest BCUT2D eigenvalue weighted by atomic mass is 32.2. The molecule has 180 valence electrons. The van der Waals surface area contributed by atoms with E-state index in [1.807, 2.05) is 18.2 Å². The van der Waals surface area contributed by atoms with Gasteiger partial charge in [-0.3, -0.25) is 0 Å². The van der Waals surface area contributed by atoms with Crippen LogP contribution in [0, 0.1) is 0 Å². The van der Waals surface area contributed by atoms with Crippen molar-refractivity contribution in [3.05, 3.63) is 42.5 Å². The molecule has 33 heavy (non-hydrogen) atoms. The van der Waals surface area contributed by atoms with Crippen LogP contribution in [0.2, 0.25) is 0 Å². The molecule has 0 spiro atoms. The monoisotopic (exact) mass is 510 g/mol. The summed E-state index contributed by atoms with van der Waals surface area (Å²) in [5.41, 5.74) is 1.99. The van der Waals surface area contributed by atoms with Crippen LogP contribution in [0.1, 0.15) is 6.42 Å². The highest BCUT2D eigenvalue weighted by Gasteiger charge is 2.27. The molecule has 11 heteroatoms. The van der Waals surface area contributed by atoms with Gasteiger partial charge in [-0.2, -0.15) is 4.31 Å². The van der Waals surface area contributed by atoms with Crippen molar-refractivity contribution in [3.8, 4) is 0 Å². The summed E-state index contributed by atoms with van der Waals surface area (Å²) in [6, 6.07) is 13.5. The molecule has 2 aliphatic heterocycles. The van der Waals surface area contributed by atoms with Crippen molar-refractivity contribution in [2.45, 2.75) is 21.1 Å². The van der Waals surface area contributed by atoms with Crippen molar-refractivity contribution in [2.24, 2.45) is 0 Å². The quantitative estimate of drug-likeness (QED) is 0.566. The average Bonchev–Trinajstić information content (AvgIpc) is 2.78. The van der Waals surface area contributed by atoms with Crippen molar-refractivity contribution >= 4 is 43.2 Å². The first-order valence-corrected chi connectivity index (χ1v) is 15.0. The lowest BCUT2D eigenvalue weighted by Gasteiger charge is -2.35. The van der Waals surface area contributed by atoms with Crippen LogP contribution in [0.25, 0.3) is 0 Å². The normalized spacial score (nSPS) is 17.8. The molecule has 2 heterocycles. The fourth-order valence-electron chi connectivity index (χ4n) is 4.16. The van der Waals surface area contributed by atoms with E-state index in [-0.39, 0.29) is 4.90 Å². The first kappa shape index (κ1) is 24.5. The van der Waals surface area contributed by atoms with Crippen molar-refractivity contribution in [2.75, 3.05) is 64.5 Å². The molecule has 4 rings (SSSR count). The van der Waals surface area contributed by atoms with E-state index in [1.165, 1.54) is 14.9 Å². The summed E-state index contributed by atoms with van der Waals surface area (Å²) in [7, 11) is -3.58. The zero-order valence-electron chi connectivity index (χ0n) is 19.1. The predicted octanol–water partition coefficient (Wildman–Crippen LogP) is 2.51. The van der Waals surface area contributed by atoms with Gasteiger partial charge in [-0.25, -0.2) is 21.1 Å². The Morgan fingerprint density at radius 2 is 1.55 bits per heavy atom. The Morgan fingerprint density at radius 3 is 2.21 bits per heavy atom. The largest absolute Gasteiger partial charge is 0.340 e.